The Morgan fingerprint density at radius 3 is 0.957 bits per heavy atom. The van der Waals surface area contributed by atoms with E-state index in [1.54, 1.807) is 222 Å². The fraction of sp³-hybridized carbons (Fsp3) is 0.239. The lowest BCUT2D eigenvalue weighted by Crippen LogP contribution is -2.33. The van der Waals surface area contributed by atoms with Crippen molar-refractivity contribution in [1.29, 1.82) is 0 Å². The molecule has 11 aliphatic rings. The van der Waals surface area contributed by atoms with E-state index in [9.17, 15) is 9.59 Å². The molecular formula is C134H90O4. The SMILES string of the molecule is C1=CC2C3C=CC4c5ccc6c7ccc8c9ccc%10c%11c%12c%13c%14c%15c(c5c6c5c%15c%13c(c%119)c8c75)C4C3C=%14C2C%12C1%10.CCC(CC(C)c1ccc(OC(C)=O)cc1)c1ccc2c(c1)CC2.CCC(CC(CC(C)c1ccc(OC(C)=O)cc1)c1ccc2c(c1)CC2)c1ccc2c(c1)CC1c3c4ccc5c6ccc7c8ccc9c%10ccc%11c(c%12c3c3c4c5c4c6c7c5c8c9c6c%10c%11c%12c7c3c4c5c67)C1C2. The van der Waals surface area contributed by atoms with Gasteiger partial charge >= 0.3 is 11.9 Å². The van der Waals surface area contributed by atoms with Crippen molar-refractivity contribution in [1.82, 2.24) is 0 Å². The van der Waals surface area contributed by atoms with Gasteiger partial charge in [-0.05, 0) is 497 Å². The molecule has 0 heterocycles. The van der Waals surface area contributed by atoms with E-state index in [0.29, 0.717) is 100 Å². The van der Waals surface area contributed by atoms with Gasteiger partial charge in [-0.1, -0.05) is 221 Å². The minimum absolute atomic E-state index is 0.275. The summed E-state index contributed by atoms with van der Waals surface area (Å²) in [6, 6.07) is 73.9. The lowest BCUT2D eigenvalue weighted by molar-refractivity contribution is -0.132. The number of carbonyl (C=O) groups is 2. The van der Waals surface area contributed by atoms with Crippen molar-refractivity contribution in [3.63, 3.8) is 0 Å². The molecule has 1 saturated carbocycles. The Kier molecular flexibility index (Phi) is 12.2. The third-order valence-corrected chi connectivity index (χ3v) is 41.2. The van der Waals surface area contributed by atoms with Crippen molar-refractivity contribution >= 4 is 255 Å². The van der Waals surface area contributed by atoms with Gasteiger partial charge in [0.2, 0.25) is 0 Å². The van der Waals surface area contributed by atoms with Crippen molar-refractivity contribution in [2.75, 3.05) is 0 Å². The van der Waals surface area contributed by atoms with Crippen LogP contribution in [0.5, 0.6) is 11.5 Å². The van der Waals surface area contributed by atoms with Gasteiger partial charge in [0.05, 0.1) is 0 Å². The number of esters is 2. The topological polar surface area (TPSA) is 52.6 Å². The largest absolute Gasteiger partial charge is 0.427 e. The average Bonchev–Trinajstić information content (AvgIpc) is 1.44. The van der Waals surface area contributed by atoms with Crippen LogP contribution in [0.4, 0.5) is 0 Å². The van der Waals surface area contributed by atoms with Crippen molar-refractivity contribution in [2.24, 2.45) is 23.7 Å². The number of hydrogen-bond acceptors (Lipinski definition) is 4. The Morgan fingerprint density at radius 2 is 0.580 bits per heavy atom. The van der Waals surface area contributed by atoms with Gasteiger partial charge in [0.25, 0.3) is 0 Å². The summed E-state index contributed by atoms with van der Waals surface area (Å²) in [5, 5.41) is 70.9. The van der Waals surface area contributed by atoms with Gasteiger partial charge in [0.1, 0.15) is 11.5 Å². The predicted octanol–water partition coefficient (Wildman–Crippen LogP) is 33.3. The molecule has 0 N–H and O–H groups in total. The maximum atomic E-state index is 11.7. The molecule has 1 fully saturated rings. The van der Waals surface area contributed by atoms with Crippen LogP contribution in [0, 0.1) is 23.7 Å². The Labute approximate surface area is 792 Å². The molecule has 650 valence electrons. The molecule has 29 aromatic rings. The number of fused-ring (bicyclic) bond motifs is 16. The summed E-state index contributed by atoms with van der Waals surface area (Å²) in [5.74, 6) is 8.89. The van der Waals surface area contributed by atoms with Crippen molar-refractivity contribution in [3.05, 3.63) is 312 Å². The summed E-state index contributed by atoms with van der Waals surface area (Å²) in [6.45, 7) is 12.3. The third-order valence-electron chi connectivity index (χ3n) is 41.2. The van der Waals surface area contributed by atoms with Crippen LogP contribution in [0.25, 0.3) is 243 Å². The molecule has 0 radical (unpaired) electrons. The zero-order chi connectivity index (χ0) is 89.3. The van der Waals surface area contributed by atoms with Crippen LogP contribution >= 0.6 is 0 Å². The molecule has 0 bridgehead atoms. The molecular weight excluding hydrogens is 1670 g/mol. The molecule has 15 unspecified atom stereocenters. The maximum Gasteiger partial charge on any atom is 0.308 e. The first kappa shape index (κ1) is 72.3. The fourth-order valence-corrected chi connectivity index (χ4v) is 36.3. The molecule has 0 aliphatic heterocycles. The predicted molar refractivity (Wildman–Crippen MR) is 572 cm³/mol. The van der Waals surface area contributed by atoms with E-state index in [1.807, 2.05) is 29.8 Å². The monoisotopic (exact) mass is 1760 g/mol. The minimum Gasteiger partial charge on any atom is -0.427 e. The molecule has 4 heteroatoms. The number of hydrogen-bond donors (Lipinski definition) is 0. The van der Waals surface area contributed by atoms with Gasteiger partial charge in [-0.15, -0.1) is 0 Å². The lowest BCUT2D eigenvalue weighted by atomic mass is 9.64. The molecule has 4 nitrogen and oxygen atoms in total. The van der Waals surface area contributed by atoms with E-state index >= 15 is 0 Å². The van der Waals surface area contributed by atoms with Crippen LogP contribution in [-0.2, 0) is 48.1 Å². The van der Waals surface area contributed by atoms with Crippen LogP contribution in [0.1, 0.15) is 233 Å². The van der Waals surface area contributed by atoms with E-state index < -0.39 is 0 Å². The maximum absolute atomic E-state index is 11.7. The van der Waals surface area contributed by atoms with Crippen LogP contribution in [0.3, 0.4) is 0 Å². The van der Waals surface area contributed by atoms with Crippen LogP contribution < -0.4 is 14.7 Å². The van der Waals surface area contributed by atoms with Gasteiger partial charge in [-0.25, -0.2) is 0 Å². The highest BCUT2D eigenvalue weighted by molar-refractivity contribution is 6.70. The second-order valence-electron chi connectivity index (χ2n) is 46.2. The molecule has 0 aromatic heterocycles. The molecule has 0 saturated heterocycles. The molecule has 40 rings (SSSR count). The first-order valence-corrected chi connectivity index (χ1v) is 52.4. The average molecular weight is 1760 g/mol. The first-order valence-electron chi connectivity index (χ1n) is 52.4. The fourth-order valence-electron chi connectivity index (χ4n) is 36.3. The van der Waals surface area contributed by atoms with Crippen molar-refractivity contribution in [2.45, 2.75) is 177 Å². The first-order chi connectivity index (χ1) is 67.9. The van der Waals surface area contributed by atoms with Gasteiger partial charge in [0.15, 0.2) is 0 Å². The molecule has 0 spiro atoms. The van der Waals surface area contributed by atoms with E-state index in [1.165, 1.54) is 154 Å². The molecule has 138 heavy (non-hydrogen) atoms. The summed E-state index contributed by atoms with van der Waals surface area (Å²) in [7, 11) is 0. The number of rotatable bonds is 15. The second-order valence-corrected chi connectivity index (χ2v) is 46.2. The molecule has 29 aromatic carbocycles. The van der Waals surface area contributed by atoms with Gasteiger partial charge < -0.3 is 9.47 Å². The zero-order valence-electron chi connectivity index (χ0n) is 77.8. The van der Waals surface area contributed by atoms with E-state index in [0.717, 1.165) is 44.9 Å². The lowest BCUT2D eigenvalue weighted by Gasteiger charge is -2.39. The highest BCUT2D eigenvalue weighted by Gasteiger charge is 2.63. The quantitative estimate of drug-likeness (QED) is 0.0444. The summed E-state index contributed by atoms with van der Waals surface area (Å²) >= 11 is 0. The highest BCUT2D eigenvalue weighted by atomic mass is 16.5. The number of carbonyl (C=O) groups excluding carboxylic acids is 2. The standard InChI is InChI=1S/C72H46O2.C40H18.C22H26O2/c1-4-31(24-38(36-8-6-33-5-7-35(33)25-36)23-29(2)32-11-13-40(14-12-32)74-30(3)73)34-9-10-37-27-49-50(28-39(37)26-34)52-48-22-20-46-44-18-16-42-41-15-17-43-45-19-21-47-51(49)61-62(52)67-60(48)58(46)65-56(44)54(42)63-53(41)55(43)64-57(45)59(47)66(61)71-69(64)68(63)70(65)72(67)71;1-2-12-14-5-6-16-18-9-10-20-19-8-7-17-15-4-3-13-11(1)21-22(12)32-24(14)26(16)34-29(18)30(20)35-28(19)27(17)33-25(15)23(13)31(21)36-37(32)39(34)40(35)38(33)36;1-4-17(20-7-5-19-6-8-21(19)14-20)13-15(2)18-9-11-22(12-10-18)24-16(3)23/h6,8-22,25-26,29,31,38,49-50H,4-5,7,23-24,27-28H2,1-3H3;1-13,15,21-23,25H;5,7,9-12,14-15,17H,4,6,8,13H2,1-3H3. The summed E-state index contributed by atoms with van der Waals surface area (Å²) in [5.41, 5.74) is 28.5. The van der Waals surface area contributed by atoms with Gasteiger partial charge in [-0.2, -0.15) is 0 Å². The van der Waals surface area contributed by atoms with Crippen LogP contribution in [-0.4, -0.2) is 11.9 Å². The highest BCUT2D eigenvalue weighted by Crippen LogP contribution is 2.78. The number of aryl methyl sites for hydroxylation is 4. The minimum atomic E-state index is -0.278. The Morgan fingerprint density at radius 1 is 0.275 bits per heavy atom. The Bertz CT molecular complexity index is 10500. The number of benzene rings is 20. The molecule has 15 atom stereocenters. The van der Waals surface area contributed by atoms with E-state index in [4.69, 9.17) is 9.47 Å². The second kappa shape index (κ2) is 23.3. The van der Waals surface area contributed by atoms with Crippen molar-refractivity contribution < 1.29 is 19.1 Å². The summed E-state index contributed by atoms with van der Waals surface area (Å²) in [4.78, 5) is 22.7. The van der Waals surface area contributed by atoms with Gasteiger partial charge in [0, 0.05) is 37.5 Å². The van der Waals surface area contributed by atoms with Gasteiger partial charge in [-0.3, -0.25) is 9.59 Å². The van der Waals surface area contributed by atoms with E-state index in [2.05, 4.69) is 216 Å². The van der Waals surface area contributed by atoms with Crippen LogP contribution in [0.15, 0.2) is 212 Å². The molecule has 0 amide bonds. The van der Waals surface area contributed by atoms with Crippen molar-refractivity contribution in [3.8, 4) is 11.5 Å². The summed E-state index contributed by atoms with van der Waals surface area (Å²) in [6.07, 6.45) is 23.5. The number of ether oxygens (including phenoxy) is 2. The molecule has 11 aliphatic carbocycles. The normalized spacial score (nSPS) is 22.7. The van der Waals surface area contributed by atoms with Crippen LogP contribution in [0.2, 0.25) is 0 Å². The smallest absolute Gasteiger partial charge is 0.308 e. The zero-order valence-corrected chi connectivity index (χ0v) is 77.8. The summed E-state index contributed by atoms with van der Waals surface area (Å²) < 4.78 is 10.5. The Hall–Kier alpha value is -14.1. The Balaban J connectivity index is 0.000000101. The van der Waals surface area contributed by atoms with E-state index in [-0.39, 0.29) is 11.9 Å². The number of allylic oxidation sites excluding steroid dienone is 4. The third kappa shape index (κ3) is 7.62.